The molecular formula is C31H38F4N4O4S. The number of carbonyl (C=O) groups excluding carboxylic acids is 1. The second kappa shape index (κ2) is 15.4. The number of pyridine rings is 1. The number of unbranched alkanes of at least 4 members (excludes halogenated alkanes) is 5. The molecular weight excluding hydrogens is 600 g/mol. The number of nitrogens with zero attached hydrogens (tertiary/aromatic N) is 3. The van der Waals surface area contributed by atoms with Crippen molar-refractivity contribution >= 4 is 34.2 Å². The van der Waals surface area contributed by atoms with Gasteiger partial charge in [-0.15, -0.1) is 0 Å². The maximum absolute atomic E-state index is 15.1. The molecule has 0 saturated carbocycles. The lowest BCUT2D eigenvalue weighted by molar-refractivity contribution is -0.141. The first-order valence-electron chi connectivity index (χ1n) is 14.5. The Morgan fingerprint density at radius 1 is 1.11 bits per heavy atom. The fourth-order valence-electron chi connectivity index (χ4n) is 4.60. The molecule has 44 heavy (non-hydrogen) atoms. The second-order valence-corrected chi connectivity index (χ2v) is 12.1. The van der Waals surface area contributed by atoms with E-state index in [1.807, 2.05) is 0 Å². The summed E-state index contributed by atoms with van der Waals surface area (Å²) >= 11 is 0.470. The molecule has 13 heteroatoms. The predicted molar refractivity (Wildman–Crippen MR) is 161 cm³/mol. The first kappa shape index (κ1) is 34.9. The summed E-state index contributed by atoms with van der Waals surface area (Å²) in [5, 5.41) is 8.26. The molecule has 1 atom stereocenters. The fraction of sp³-hybridized carbons (Fsp3) is 0.484. The van der Waals surface area contributed by atoms with Crippen LogP contribution in [0.2, 0.25) is 0 Å². The Morgan fingerprint density at radius 2 is 1.82 bits per heavy atom. The summed E-state index contributed by atoms with van der Waals surface area (Å²) in [4.78, 5) is 33.8. The van der Waals surface area contributed by atoms with Crippen molar-refractivity contribution in [3.63, 3.8) is 0 Å². The number of hydrogen-bond donors (Lipinski definition) is 2. The zero-order valence-corrected chi connectivity index (χ0v) is 25.8. The van der Waals surface area contributed by atoms with Crippen molar-refractivity contribution in [3.05, 3.63) is 59.0 Å². The average molecular weight is 639 g/mol. The van der Waals surface area contributed by atoms with Gasteiger partial charge in [-0.3, -0.25) is 9.78 Å². The highest BCUT2D eigenvalue weighted by atomic mass is 32.1. The number of anilines is 2. The number of carboxylic acid groups (broad SMARTS) is 1. The van der Waals surface area contributed by atoms with Crippen LogP contribution >= 0.6 is 11.3 Å². The van der Waals surface area contributed by atoms with Crippen molar-refractivity contribution in [2.24, 2.45) is 11.1 Å². The average Bonchev–Trinajstić information content (AvgIpc) is 3.35. The van der Waals surface area contributed by atoms with Gasteiger partial charge in [0.1, 0.15) is 11.7 Å². The van der Waals surface area contributed by atoms with Gasteiger partial charge in [-0.05, 0) is 54.5 Å². The molecule has 0 spiro atoms. The Morgan fingerprint density at radius 3 is 2.45 bits per heavy atom. The summed E-state index contributed by atoms with van der Waals surface area (Å²) in [6, 6.07) is 5.41. The van der Waals surface area contributed by atoms with Crippen LogP contribution in [0.15, 0.2) is 42.7 Å². The van der Waals surface area contributed by atoms with Gasteiger partial charge >= 0.3 is 18.2 Å². The first-order chi connectivity index (χ1) is 20.8. The van der Waals surface area contributed by atoms with E-state index < -0.39 is 40.4 Å². The second-order valence-electron chi connectivity index (χ2n) is 11.2. The number of aryl methyl sites for hydroxylation is 1. The highest BCUT2D eigenvalue weighted by Crippen LogP contribution is 2.40. The van der Waals surface area contributed by atoms with E-state index in [0.717, 1.165) is 43.1 Å². The zero-order chi connectivity index (χ0) is 32.5. The van der Waals surface area contributed by atoms with Crippen molar-refractivity contribution in [1.29, 1.82) is 0 Å². The topological polar surface area (TPSA) is 119 Å². The fourth-order valence-corrected chi connectivity index (χ4v) is 5.43. The summed E-state index contributed by atoms with van der Waals surface area (Å²) in [7, 11) is 0. The van der Waals surface area contributed by atoms with Gasteiger partial charge in [-0.1, -0.05) is 70.3 Å². The Bertz CT molecular complexity index is 1400. The van der Waals surface area contributed by atoms with Crippen LogP contribution in [0.5, 0.6) is 0 Å². The number of carboxylic acids is 1. The van der Waals surface area contributed by atoms with E-state index >= 15 is 4.39 Å². The van der Waals surface area contributed by atoms with E-state index in [2.05, 4.69) is 16.9 Å². The van der Waals surface area contributed by atoms with Gasteiger partial charge < -0.3 is 15.6 Å². The van der Waals surface area contributed by atoms with Crippen molar-refractivity contribution < 1.29 is 37.0 Å². The van der Waals surface area contributed by atoms with Crippen LogP contribution in [-0.2, 0) is 22.1 Å². The number of aliphatic carboxylic acids is 1. The number of rotatable bonds is 15. The molecule has 0 fully saturated rings. The molecule has 0 bridgehead atoms. The van der Waals surface area contributed by atoms with E-state index in [4.69, 9.17) is 10.5 Å². The van der Waals surface area contributed by atoms with Gasteiger partial charge in [0, 0.05) is 18.0 Å². The SMILES string of the molecule is CCCCCCCCc1ccc(N(C(=O)OCCC(C)(C)C(N)C(=O)O)c2nc(-c3cccnc3)c(F)s2)cc1C(F)(F)F. The highest BCUT2D eigenvalue weighted by Gasteiger charge is 2.36. The highest BCUT2D eigenvalue weighted by molar-refractivity contribution is 7.14. The van der Waals surface area contributed by atoms with E-state index in [0.29, 0.717) is 23.3 Å². The van der Waals surface area contributed by atoms with E-state index in [9.17, 15) is 27.9 Å². The lowest BCUT2D eigenvalue weighted by Crippen LogP contribution is -2.44. The van der Waals surface area contributed by atoms with Crippen molar-refractivity contribution in [2.45, 2.75) is 84.4 Å². The van der Waals surface area contributed by atoms with Gasteiger partial charge in [0.15, 0.2) is 0 Å². The Kier molecular flexibility index (Phi) is 12.2. The third-order valence-electron chi connectivity index (χ3n) is 7.42. The molecule has 3 rings (SSSR count). The number of halogens is 4. The number of carbonyl (C=O) groups is 2. The molecule has 3 N–H and O–H groups in total. The van der Waals surface area contributed by atoms with Crippen molar-refractivity contribution in [2.75, 3.05) is 11.5 Å². The van der Waals surface area contributed by atoms with Gasteiger partial charge in [0.05, 0.1) is 17.9 Å². The smallest absolute Gasteiger partial charge is 0.420 e. The number of thiazole rings is 1. The van der Waals surface area contributed by atoms with Crippen LogP contribution in [0.1, 0.15) is 76.8 Å². The van der Waals surface area contributed by atoms with Crippen LogP contribution in [0.3, 0.4) is 0 Å². The van der Waals surface area contributed by atoms with Gasteiger partial charge in [-0.25, -0.2) is 14.7 Å². The number of hydrogen-bond acceptors (Lipinski definition) is 7. The number of aromatic nitrogens is 2. The van der Waals surface area contributed by atoms with E-state index in [-0.39, 0.29) is 41.5 Å². The molecule has 1 aromatic carbocycles. The number of benzene rings is 1. The van der Waals surface area contributed by atoms with Crippen molar-refractivity contribution in [3.8, 4) is 11.3 Å². The number of nitrogens with two attached hydrogens (primary N) is 1. The molecule has 3 aromatic rings. The maximum Gasteiger partial charge on any atom is 0.420 e. The summed E-state index contributed by atoms with van der Waals surface area (Å²) in [6.07, 6.45) is 2.80. The molecule has 0 aliphatic heterocycles. The Hall–Kier alpha value is -3.58. The maximum atomic E-state index is 15.1. The number of alkyl halides is 3. The largest absolute Gasteiger partial charge is 0.480 e. The van der Waals surface area contributed by atoms with Crippen molar-refractivity contribution in [1.82, 2.24) is 9.97 Å². The molecule has 8 nitrogen and oxygen atoms in total. The minimum absolute atomic E-state index is 0.0399. The Balaban J connectivity index is 1.96. The predicted octanol–water partition coefficient (Wildman–Crippen LogP) is 8.37. The van der Waals surface area contributed by atoms with Crippen LogP contribution < -0.4 is 10.6 Å². The molecule has 0 aliphatic carbocycles. The first-order valence-corrected chi connectivity index (χ1v) is 15.3. The zero-order valence-electron chi connectivity index (χ0n) is 25.0. The number of ether oxygens (including phenoxy) is 1. The molecule has 1 amide bonds. The van der Waals surface area contributed by atoms with E-state index in [1.165, 1.54) is 24.5 Å². The summed E-state index contributed by atoms with van der Waals surface area (Å²) in [5.74, 6) is -1.23. The van der Waals surface area contributed by atoms with Gasteiger partial charge in [-0.2, -0.15) is 17.6 Å². The lowest BCUT2D eigenvalue weighted by Gasteiger charge is -2.29. The van der Waals surface area contributed by atoms with Gasteiger partial charge in [0.25, 0.3) is 0 Å². The minimum atomic E-state index is -4.71. The summed E-state index contributed by atoms with van der Waals surface area (Å²) in [6.45, 7) is 4.97. The Labute approximate surface area is 258 Å². The lowest BCUT2D eigenvalue weighted by atomic mass is 9.82. The molecule has 2 heterocycles. The van der Waals surface area contributed by atoms with Crippen LogP contribution in [0.25, 0.3) is 11.3 Å². The van der Waals surface area contributed by atoms with Crippen LogP contribution in [0.4, 0.5) is 33.2 Å². The molecule has 0 aliphatic rings. The third kappa shape index (κ3) is 9.21. The monoisotopic (exact) mass is 638 g/mol. The molecule has 0 radical (unpaired) electrons. The molecule has 2 aromatic heterocycles. The molecule has 240 valence electrons. The quantitative estimate of drug-likeness (QED) is 0.127. The van der Waals surface area contributed by atoms with E-state index in [1.54, 1.807) is 26.0 Å². The number of amides is 1. The summed E-state index contributed by atoms with van der Waals surface area (Å²) < 4.78 is 63.3. The minimum Gasteiger partial charge on any atom is -0.480 e. The standard InChI is InChI=1S/C31H38F4N4O4S/c1-4-5-6-7-8-9-11-20-13-14-22(18-23(20)31(33,34)35)39(29(42)43-17-15-30(2,3)25(36)27(40)41)28-38-24(26(32)44-28)21-12-10-16-37-19-21/h10,12-14,16,18-19,25H,4-9,11,15,17,36H2,1-3H3,(H,40,41). The summed E-state index contributed by atoms with van der Waals surface area (Å²) in [5.41, 5.74) is 3.95. The molecule has 0 saturated heterocycles. The van der Waals surface area contributed by atoms with Crippen LogP contribution in [0, 0.1) is 10.5 Å². The normalized spacial score (nSPS) is 12.6. The van der Waals surface area contributed by atoms with Gasteiger partial charge in [0.2, 0.25) is 10.3 Å². The van der Waals surface area contributed by atoms with Crippen LogP contribution in [-0.4, -0.2) is 39.8 Å². The molecule has 1 unspecified atom stereocenters. The third-order valence-corrected chi connectivity index (χ3v) is 8.25.